The molecule has 2 N–H and O–H groups in total. The van der Waals surface area contributed by atoms with E-state index in [-0.39, 0.29) is 5.69 Å². The highest BCUT2D eigenvalue weighted by atomic mass is 16.1. The van der Waals surface area contributed by atoms with Crippen molar-refractivity contribution in [3.63, 3.8) is 0 Å². The number of piperidine rings is 1. The molecular weight excluding hydrogens is 304 g/mol. The first-order chi connectivity index (χ1) is 11.5. The molecule has 1 unspecified atom stereocenters. The quantitative estimate of drug-likeness (QED) is 0.913. The number of carbonyl (C=O) groups excluding carboxylic acids is 1. The summed E-state index contributed by atoms with van der Waals surface area (Å²) in [5.41, 5.74) is 6.51. The first kappa shape index (κ1) is 16.3. The van der Waals surface area contributed by atoms with Crippen molar-refractivity contribution in [1.29, 1.82) is 0 Å². The molecule has 3 heterocycles. The number of nitrogens with two attached hydrogens (primary N) is 1. The van der Waals surface area contributed by atoms with Crippen molar-refractivity contribution in [2.45, 2.75) is 33.1 Å². The zero-order chi connectivity index (χ0) is 17.1. The highest BCUT2D eigenvalue weighted by molar-refractivity contribution is 5.90. The molecule has 1 aliphatic heterocycles. The lowest BCUT2D eigenvalue weighted by Gasteiger charge is -2.33. The molecule has 126 valence electrons. The van der Waals surface area contributed by atoms with Gasteiger partial charge >= 0.3 is 0 Å². The van der Waals surface area contributed by atoms with Gasteiger partial charge in [-0.2, -0.15) is 0 Å². The molecule has 2 aromatic heterocycles. The fourth-order valence-electron chi connectivity index (χ4n) is 3.22. The number of aromatic nitrogens is 4. The Hall–Kier alpha value is -2.57. The van der Waals surface area contributed by atoms with Crippen LogP contribution in [0.1, 0.15) is 40.7 Å². The van der Waals surface area contributed by atoms with Crippen LogP contribution in [-0.4, -0.2) is 38.9 Å². The van der Waals surface area contributed by atoms with Crippen molar-refractivity contribution in [1.82, 2.24) is 19.9 Å². The van der Waals surface area contributed by atoms with Crippen LogP contribution in [0.3, 0.4) is 0 Å². The molecule has 7 heteroatoms. The van der Waals surface area contributed by atoms with Crippen LogP contribution in [0.4, 0.5) is 5.82 Å². The van der Waals surface area contributed by atoms with Gasteiger partial charge in [-0.3, -0.25) is 4.79 Å². The van der Waals surface area contributed by atoms with Crippen molar-refractivity contribution >= 4 is 11.7 Å². The smallest absolute Gasteiger partial charge is 0.267 e. The van der Waals surface area contributed by atoms with Gasteiger partial charge in [0.1, 0.15) is 23.2 Å². The third-order valence-electron chi connectivity index (χ3n) is 4.25. The summed E-state index contributed by atoms with van der Waals surface area (Å²) in [6.45, 7) is 5.61. The highest BCUT2D eigenvalue weighted by Crippen LogP contribution is 2.24. The fourth-order valence-corrected chi connectivity index (χ4v) is 3.22. The van der Waals surface area contributed by atoms with Gasteiger partial charge < -0.3 is 10.6 Å². The standard InChI is InChI=1S/C17H22N6O/c1-11-19-6-5-16(22-11)23-7-3-4-13(10-23)8-14-9-15(17(18)24)21-12(2)20-14/h5-6,9,13H,3-4,7-8,10H2,1-2H3,(H2,18,24). The van der Waals surface area contributed by atoms with Crippen LogP contribution in [0.2, 0.25) is 0 Å². The van der Waals surface area contributed by atoms with E-state index < -0.39 is 5.91 Å². The number of anilines is 1. The van der Waals surface area contributed by atoms with Gasteiger partial charge in [0.25, 0.3) is 5.91 Å². The molecule has 0 aromatic carbocycles. The van der Waals surface area contributed by atoms with Crippen LogP contribution in [-0.2, 0) is 6.42 Å². The summed E-state index contributed by atoms with van der Waals surface area (Å²) in [4.78, 5) is 30.9. The second kappa shape index (κ2) is 6.90. The summed E-state index contributed by atoms with van der Waals surface area (Å²) < 4.78 is 0. The van der Waals surface area contributed by atoms with E-state index in [0.29, 0.717) is 11.7 Å². The molecule has 24 heavy (non-hydrogen) atoms. The van der Waals surface area contributed by atoms with Crippen LogP contribution in [0.15, 0.2) is 18.3 Å². The number of amides is 1. The second-order valence-corrected chi connectivity index (χ2v) is 6.28. The van der Waals surface area contributed by atoms with Gasteiger partial charge in [-0.05, 0) is 51.2 Å². The van der Waals surface area contributed by atoms with Crippen molar-refractivity contribution in [3.05, 3.63) is 41.4 Å². The number of nitrogens with zero attached hydrogens (tertiary/aromatic N) is 5. The van der Waals surface area contributed by atoms with Gasteiger partial charge in [-0.25, -0.2) is 19.9 Å². The topological polar surface area (TPSA) is 97.9 Å². The summed E-state index contributed by atoms with van der Waals surface area (Å²) >= 11 is 0. The van der Waals surface area contributed by atoms with E-state index in [1.165, 1.54) is 0 Å². The Morgan fingerprint density at radius 3 is 2.88 bits per heavy atom. The summed E-state index contributed by atoms with van der Waals surface area (Å²) in [5, 5.41) is 0. The van der Waals surface area contributed by atoms with Crippen LogP contribution >= 0.6 is 0 Å². The SMILES string of the molecule is Cc1nc(CC2CCCN(c3ccnc(C)n3)C2)cc(C(N)=O)n1. The molecule has 1 saturated heterocycles. The molecule has 0 radical (unpaired) electrons. The summed E-state index contributed by atoms with van der Waals surface area (Å²) in [7, 11) is 0. The van der Waals surface area contributed by atoms with Crippen molar-refractivity contribution in [2.24, 2.45) is 11.7 Å². The molecule has 0 spiro atoms. The molecule has 0 aliphatic carbocycles. The molecule has 1 amide bonds. The van der Waals surface area contributed by atoms with Crippen LogP contribution in [0.25, 0.3) is 0 Å². The third kappa shape index (κ3) is 3.84. The predicted octanol–water partition coefficient (Wildman–Crippen LogP) is 1.44. The largest absolute Gasteiger partial charge is 0.364 e. The molecule has 0 saturated carbocycles. The summed E-state index contributed by atoms with van der Waals surface area (Å²) in [6.07, 6.45) is 4.86. The third-order valence-corrected chi connectivity index (χ3v) is 4.25. The Bertz CT molecular complexity index is 748. The first-order valence-electron chi connectivity index (χ1n) is 8.20. The van der Waals surface area contributed by atoms with Gasteiger partial charge in [0.15, 0.2) is 0 Å². The Morgan fingerprint density at radius 1 is 1.29 bits per heavy atom. The second-order valence-electron chi connectivity index (χ2n) is 6.28. The van der Waals surface area contributed by atoms with Gasteiger partial charge in [0, 0.05) is 25.0 Å². The number of aryl methyl sites for hydroxylation is 2. The number of rotatable bonds is 4. The first-order valence-corrected chi connectivity index (χ1v) is 8.20. The molecule has 3 rings (SSSR count). The van der Waals surface area contributed by atoms with Crippen LogP contribution in [0, 0.1) is 19.8 Å². The van der Waals surface area contributed by atoms with Crippen LogP contribution < -0.4 is 10.6 Å². The van der Waals surface area contributed by atoms with E-state index >= 15 is 0 Å². The minimum Gasteiger partial charge on any atom is -0.364 e. The van der Waals surface area contributed by atoms with E-state index in [1.807, 2.05) is 13.0 Å². The molecular formula is C17H22N6O. The maximum absolute atomic E-state index is 11.4. The summed E-state index contributed by atoms with van der Waals surface area (Å²) in [5.74, 6) is 2.30. The molecule has 7 nitrogen and oxygen atoms in total. The summed E-state index contributed by atoms with van der Waals surface area (Å²) in [6, 6.07) is 3.67. The minimum atomic E-state index is -0.511. The zero-order valence-corrected chi connectivity index (χ0v) is 14.1. The minimum absolute atomic E-state index is 0.289. The number of carbonyl (C=O) groups is 1. The lowest BCUT2D eigenvalue weighted by atomic mass is 9.93. The number of primary amides is 1. The van der Waals surface area contributed by atoms with E-state index in [1.54, 1.807) is 19.2 Å². The highest BCUT2D eigenvalue weighted by Gasteiger charge is 2.22. The lowest BCUT2D eigenvalue weighted by Crippen LogP contribution is -2.37. The normalized spacial score (nSPS) is 17.8. The number of hydrogen-bond acceptors (Lipinski definition) is 6. The molecule has 0 bridgehead atoms. The van der Waals surface area contributed by atoms with Crippen LogP contribution in [0.5, 0.6) is 0 Å². The number of hydrogen-bond donors (Lipinski definition) is 1. The van der Waals surface area contributed by atoms with Crippen molar-refractivity contribution < 1.29 is 4.79 Å². The maximum atomic E-state index is 11.4. The molecule has 1 atom stereocenters. The molecule has 1 fully saturated rings. The Morgan fingerprint density at radius 2 is 2.12 bits per heavy atom. The molecule has 1 aliphatic rings. The Labute approximate surface area is 141 Å². The fraction of sp³-hybridized carbons (Fsp3) is 0.471. The van der Waals surface area contributed by atoms with Gasteiger partial charge in [-0.15, -0.1) is 0 Å². The van der Waals surface area contributed by atoms with Gasteiger partial charge in [0.05, 0.1) is 0 Å². The van der Waals surface area contributed by atoms with E-state index in [2.05, 4.69) is 24.8 Å². The average Bonchev–Trinajstić information content (AvgIpc) is 2.54. The lowest BCUT2D eigenvalue weighted by molar-refractivity contribution is 0.0995. The van der Waals surface area contributed by atoms with Gasteiger partial charge in [0.2, 0.25) is 0 Å². The van der Waals surface area contributed by atoms with E-state index in [0.717, 1.165) is 49.7 Å². The maximum Gasteiger partial charge on any atom is 0.267 e. The van der Waals surface area contributed by atoms with Crippen molar-refractivity contribution in [2.75, 3.05) is 18.0 Å². The average molecular weight is 326 g/mol. The Kier molecular flexibility index (Phi) is 4.69. The predicted molar refractivity (Wildman–Crippen MR) is 90.7 cm³/mol. The monoisotopic (exact) mass is 326 g/mol. The Balaban J connectivity index is 1.73. The zero-order valence-electron chi connectivity index (χ0n) is 14.1. The van der Waals surface area contributed by atoms with E-state index in [9.17, 15) is 4.79 Å². The van der Waals surface area contributed by atoms with Gasteiger partial charge in [-0.1, -0.05) is 0 Å². The van der Waals surface area contributed by atoms with E-state index in [4.69, 9.17) is 5.73 Å². The van der Waals surface area contributed by atoms with Crippen molar-refractivity contribution in [3.8, 4) is 0 Å². The molecule has 2 aromatic rings.